The Bertz CT molecular complexity index is 1400. The molecule has 1 amide bonds. The summed E-state index contributed by atoms with van der Waals surface area (Å²) >= 11 is 0. The van der Waals surface area contributed by atoms with Gasteiger partial charge in [0, 0.05) is 24.7 Å². The highest BCUT2D eigenvalue weighted by molar-refractivity contribution is 5.94. The van der Waals surface area contributed by atoms with Crippen LogP contribution in [0.1, 0.15) is 29.9 Å². The number of amides is 1. The van der Waals surface area contributed by atoms with Gasteiger partial charge in [-0.1, -0.05) is 17.3 Å². The molecule has 0 saturated carbocycles. The summed E-state index contributed by atoms with van der Waals surface area (Å²) in [5, 5.41) is 22.4. The summed E-state index contributed by atoms with van der Waals surface area (Å²) in [6, 6.07) is 9.06. The van der Waals surface area contributed by atoms with Gasteiger partial charge < -0.3 is 15.0 Å². The maximum atomic E-state index is 12.8. The largest absolute Gasteiger partial charge is 0.470 e. The van der Waals surface area contributed by atoms with E-state index in [9.17, 15) is 22.4 Å². The summed E-state index contributed by atoms with van der Waals surface area (Å²) in [5.41, 5.74) is 1.91. The van der Waals surface area contributed by atoms with Gasteiger partial charge in [0.15, 0.2) is 5.82 Å². The van der Waals surface area contributed by atoms with Crippen molar-refractivity contribution in [1.82, 2.24) is 35.0 Å². The third-order valence-corrected chi connectivity index (χ3v) is 5.98. The Morgan fingerprint density at radius 1 is 1.08 bits per heavy atom. The number of carbonyl (C=O) groups excluding carboxylic acids is 1. The molecule has 4 aromatic rings. The van der Waals surface area contributed by atoms with Gasteiger partial charge in [0.25, 0.3) is 6.43 Å². The van der Waals surface area contributed by atoms with E-state index in [1.807, 2.05) is 4.90 Å². The molecule has 1 aliphatic rings. The summed E-state index contributed by atoms with van der Waals surface area (Å²) in [6.45, 7) is -0.180. The minimum Gasteiger partial charge on any atom is -0.470 e. The number of halogens is 4. The molecule has 0 spiro atoms. The number of rotatable bonds is 9. The van der Waals surface area contributed by atoms with Gasteiger partial charge in [-0.25, -0.2) is 18.1 Å². The zero-order chi connectivity index (χ0) is 26.8. The number of anilines is 2. The smallest absolute Gasteiger partial charge is 0.333 e. The van der Waals surface area contributed by atoms with Crippen LogP contribution in [0.3, 0.4) is 0 Å². The average molecular weight is 531 g/mol. The van der Waals surface area contributed by atoms with E-state index < -0.39 is 13.0 Å². The van der Waals surface area contributed by atoms with Crippen molar-refractivity contribution in [2.24, 2.45) is 5.92 Å². The van der Waals surface area contributed by atoms with E-state index in [4.69, 9.17) is 4.74 Å². The van der Waals surface area contributed by atoms with Crippen LogP contribution in [0.4, 0.5) is 29.1 Å². The highest BCUT2D eigenvalue weighted by atomic mass is 19.3. The lowest BCUT2D eigenvalue weighted by Gasteiger charge is -2.38. The molecule has 11 nitrogen and oxygen atoms in total. The van der Waals surface area contributed by atoms with Crippen LogP contribution in [0.15, 0.2) is 48.8 Å². The van der Waals surface area contributed by atoms with E-state index in [1.165, 1.54) is 28.9 Å². The van der Waals surface area contributed by atoms with Gasteiger partial charge >= 0.3 is 6.55 Å². The van der Waals surface area contributed by atoms with Crippen LogP contribution in [0, 0.1) is 12.8 Å². The number of alkyl halides is 4. The lowest BCUT2D eigenvalue weighted by molar-refractivity contribution is -0.120. The Hall–Kier alpha value is -4.56. The van der Waals surface area contributed by atoms with E-state index >= 15 is 0 Å². The van der Waals surface area contributed by atoms with E-state index in [1.54, 1.807) is 19.1 Å². The number of hydrogen-bond acceptors (Lipinski definition) is 8. The first-order valence-electron chi connectivity index (χ1n) is 11.4. The van der Waals surface area contributed by atoms with E-state index in [-0.39, 0.29) is 35.6 Å². The first kappa shape index (κ1) is 25.1. The molecule has 1 N–H and O–H groups in total. The number of nitrogens with zero attached hydrogens (tertiary/aromatic N) is 8. The zero-order valence-electron chi connectivity index (χ0n) is 19.9. The molecule has 15 heteroatoms. The van der Waals surface area contributed by atoms with Crippen LogP contribution in [0.5, 0.6) is 5.88 Å². The lowest BCUT2D eigenvalue weighted by atomic mass is 9.99. The van der Waals surface area contributed by atoms with Crippen LogP contribution in [0.2, 0.25) is 0 Å². The number of aryl methyl sites for hydroxylation is 1. The number of hydrogen-bond donors (Lipinski definition) is 1. The van der Waals surface area contributed by atoms with Gasteiger partial charge in [0.1, 0.15) is 12.3 Å². The SMILES string of the molecule is Cc1nnn(-c2ccc(C(F)F)cc2)c1COc1ccc(N2CC(C(=O)Nc3cnn(C(F)F)c3)C2)nn1. The topological polar surface area (TPSA) is 116 Å². The third-order valence-electron chi connectivity index (χ3n) is 5.98. The van der Waals surface area contributed by atoms with Crippen LogP contribution < -0.4 is 15.0 Å². The number of ether oxygens (including phenoxy) is 1. The lowest BCUT2D eigenvalue weighted by Crippen LogP contribution is -2.52. The summed E-state index contributed by atoms with van der Waals surface area (Å²) in [6.07, 6.45) is -0.328. The molecule has 0 radical (unpaired) electrons. The molecule has 0 aliphatic carbocycles. The Kier molecular flexibility index (Phi) is 6.89. The van der Waals surface area contributed by atoms with Gasteiger partial charge in [-0.05, 0) is 25.1 Å². The fraction of sp³-hybridized carbons (Fsp3) is 0.304. The molecule has 1 saturated heterocycles. The van der Waals surface area contributed by atoms with Crippen molar-refractivity contribution in [3.05, 3.63) is 65.7 Å². The van der Waals surface area contributed by atoms with Crippen molar-refractivity contribution in [3.8, 4) is 11.6 Å². The van der Waals surface area contributed by atoms with Crippen LogP contribution in [-0.4, -0.2) is 54.0 Å². The number of carbonyl (C=O) groups is 1. The second-order valence-corrected chi connectivity index (χ2v) is 8.52. The first-order chi connectivity index (χ1) is 18.3. The second-order valence-electron chi connectivity index (χ2n) is 8.52. The maximum absolute atomic E-state index is 12.8. The Labute approximate surface area is 213 Å². The fourth-order valence-electron chi connectivity index (χ4n) is 3.80. The standard InChI is InChI=1S/C23H21F4N9O2/c1-13-18(36(33-30-13)17-4-2-14(3-5-17)21(24)25)12-38-20-7-6-19(31-32-20)34-9-15(10-34)22(37)29-16-8-28-35(11-16)23(26)27/h2-8,11,15,21,23H,9-10,12H2,1H3,(H,29,37). The molecule has 0 bridgehead atoms. The predicted molar refractivity (Wildman–Crippen MR) is 125 cm³/mol. The molecule has 5 rings (SSSR count). The molecular weight excluding hydrogens is 510 g/mol. The van der Waals surface area contributed by atoms with Gasteiger partial charge in [-0.3, -0.25) is 4.79 Å². The molecule has 4 heterocycles. The Morgan fingerprint density at radius 2 is 1.84 bits per heavy atom. The third kappa shape index (κ3) is 5.26. The van der Waals surface area contributed by atoms with Crippen molar-refractivity contribution >= 4 is 17.4 Å². The highest BCUT2D eigenvalue weighted by Crippen LogP contribution is 2.25. The Morgan fingerprint density at radius 3 is 2.47 bits per heavy atom. The van der Waals surface area contributed by atoms with Crippen molar-refractivity contribution in [2.45, 2.75) is 26.5 Å². The minimum atomic E-state index is -2.78. The monoisotopic (exact) mass is 531 g/mol. The summed E-state index contributed by atoms with van der Waals surface area (Å²) < 4.78 is 58.6. The van der Waals surface area contributed by atoms with Gasteiger partial charge in [0.2, 0.25) is 11.8 Å². The molecule has 3 aromatic heterocycles. The second kappa shape index (κ2) is 10.4. The molecule has 1 aliphatic heterocycles. The molecule has 1 fully saturated rings. The molecule has 198 valence electrons. The summed E-state index contributed by atoms with van der Waals surface area (Å²) in [7, 11) is 0. The van der Waals surface area contributed by atoms with Gasteiger partial charge in [0.05, 0.1) is 35.4 Å². The van der Waals surface area contributed by atoms with E-state index in [2.05, 4.69) is 30.9 Å². The highest BCUT2D eigenvalue weighted by Gasteiger charge is 2.34. The van der Waals surface area contributed by atoms with Crippen molar-refractivity contribution in [1.29, 1.82) is 0 Å². The molecule has 0 atom stereocenters. The normalized spacial score (nSPS) is 13.7. The molecule has 1 aromatic carbocycles. The van der Waals surface area contributed by atoms with E-state index in [0.717, 1.165) is 12.4 Å². The van der Waals surface area contributed by atoms with Crippen LogP contribution >= 0.6 is 0 Å². The number of benzene rings is 1. The zero-order valence-corrected chi connectivity index (χ0v) is 19.9. The summed E-state index contributed by atoms with van der Waals surface area (Å²) in [4.78, 5) is 14.2. The van der Waals surface area contributed by atoms with E-state index in [0.29, 0.717) is 40.7 Å². The fourth-order valence-corrected chi connectivity index (χ4v) is 3.80. The predicted octanol–water partition coefficient (Wildman–Crippen LogP) is 3.55. The number of aromatic nitrogens is 7. The maximum Gasteiger partial charge on any atom is 0.333 e. The first-order valence-corrected chi connectivity index (χ1v) is 11.4. The van der Waals surface area contributed by atoms with Gasteiger partial charge in [-0.2, -0.15) is 13.9 Å². The van der Waals surface area contributed by atoms with Crippen LogP contribution in [0.25, 0.3) is 5.69 Å². The van der Waals surface area contributed by atoms with Crippen molar-refractivity contribution in [3.63, 3.8) is 0 Å². The molecular formula is C23H21F4N9O2. The quantitative estimate of drug-likeness (QED) is 0.326. The van der Waals surface area contributed by atoms with Gasteiger partial charge in [-0.15, -0.1) is 15.3 Å². The van der Waals surface area contributed by atoms with Crippen molar-refractivity contribution in [2.75, 3.05) is 23.3 Å². The molecule has 0 unspecified atom stereocenters. The van der Waals surface area contributed by atoms with Crippen LogP contribution in [-0.2, 0) is 11.4 Å². The average Bonchev–Trinajstić information content (AvgIpc) is 3.49. The summed E-state index contributed by atoms with van der Waals surface area (Å²) in [5.74, 6) is 0.161. The van der Waals surface area contributed by atoms with Crippen molar-refractivity contribution < 1.29 is 27.1 Å². The molecule has 38 heavy (non-hydrogen) atoms. The number of nitrogens with one attached hydrogen (secondary N) is 1. The minimum absolute atomic E-state index is 0.0670. The Balaban J connectivity index is 1.14.